The molecular weight excluding hydrogens is 262 g/mol. The number of hydrogen-bond acceptors (Lipinski definition) is 2. The van der Waals surface area contributed by atoms with Crippen molar-refractivity contribution in [3.63, 3.8) is 0 Å². The van der Waals surface area contributed by atoms with Gasteiger partial charge in [-0.05, 0) is 37.6 Å². The molecule has 0 atom stereocenters. The van der Waals surface area contributed by atoms with Crippen LogP contribution in [0.1, 0.15) is 29.9 Å². The number of hydrogen-bond donors (Lipinski definition) is 2. The maximum Gasteiger partial charge on any atom is 0.268 e. The normalized spacial score (nSPS) is 11.5. The van der Waals surface area contributed by atoms with E-state index in [1.54, 1.807) is 6.20 Å². The fourth-order valence-corrected chi connectivity index (χ4v) is 2.36. The number of aromatic amines is 1. The van der Waals surface area contributed by atoms with E-state index in [2.05, 4.69) is 15.3 Å². The van der Waals surface area contributed by atoms with Gasteiger partial charge in [-0.2, -0.15) is 0 Å². The Balaban J connectivity index is 1.85. The fraction of sp³-hybridized carbons (Fsp3) is 0.176. The first kappa shape index (κ1) is 13.4. The molecule has 2 aromatic heterocycles. The van der Waals surface area contributed by atoms with E-state index in [0.717, 1.165) is 16.6 Å². The molecule has 1 amide bonds. The summed E-state index contributed by atoms with van der Waals surface area (Å²) in [4.78, 5) is 19.7. The van der Waals surface area contributed by atoms with Crippen LogP contribution in [-0.2, 0) is 5.54 Å². The summed E-state index contributed by atoms with van der Waals surface area (Å²) in [6.07, 6.45) is 1.70. The van der Waals surface area contributed by atoms with E-state index in [-0.39, 0.29) is 5.91 Å². The second-order valence-corrected chi connectivity index (χ2v) is 5.57. The number of aromatic nitrogens is 2. The number of carbonyl (C=O) groups excluding carboxylic acids is 1. The third kappa shape index (κ3) is 2.65. The second-order valence-electron chi connectivity index (χ2n) is 5.57. The van der Waals surface area contributed by atoms with Crippen LogP contribution in [0, 0.1) is 0 Å². The minimum absolute atomic E-state index is 0.137. The molecule has 2 heterocycles. The molecule has 21 heavy (non-hydrogen) atoms. The molecule has 0 unspecified atom stereocenters. The summed E-state index contributed by atoms with van der Waals surface area (Å²) in [5.41, 5.74) is 1.86. The summed E-state index contributed by atoms with van der Waals surface area (Å²) in [6, 6.07) is 15.5. The molecule has 0 saturated carbocycles. The number of amides is 1. The molecule has 0 aliphatic heterocycles. The molecule has 4 heteroatoms. The zero-order chi connectivity index (χ0) is 14.9. The molecule has 0 radical (unpaired) electrons. The fourth-order valence-electron chi connectivity index (χ4n) is 2.36. The van der Waals surface area contributed by atoms with E-state index in [1.807, 2.05) is 62.4 Å². The number of nitrogens with one attached hydrogen (secondary N) is 2. The molecule has 106 valence electrons. The zero-order valence-electron chi connectivity index (χ0n) is 12.1. The molecular formula is C17H17N3O. The van der Waals surface area contributed by atoms with E-state index in [4.69, 9.17) is 0 Å². The minimum Gasteiger partial charge on any atom is -0.342 e. The van der Waals surface area contributed by atoms with Gasteiger partial charge in [-0.3, -0.25) is 4.79 Å². The SMILES string of the molecule is CC(C)(NC(=O)c1cc2cccnc2[nH]1)c1ccccc1. The van der Waals surface area contributed by atoms with Gasteiger partial charge in [0.1, 0.15) is 11.3 Å². The van der Waals surface area contributed by atoms with E-state index in [9.17, 15) is 4.79 Å². The zero-order valence-corrected chi connectivity index (χ0v) is 12.1. The van der Waals surface area contributed by atoms with Gasteiger partial charge < -0.3 is 10.3 Å². The molecule has 1 aromatic carbocycles. The van der Waals surface area contributed by atoms with Gasteiger partial charge in [-0.15, -0.1) is 0 Å². The van der Waals surface area contributed by atoms with Gasteiger partial charge in [0.15, 0.2) is 0 Å². The number of rotatable bonds is 3. The second kappa shape index (κ2) is 5.05. The molecule has 0 fully saturated rings. The third-order valence-corrected chi connectivity index (χ3v) is 3.56. The van der Waals surface area contributed by atoms with Crippen molar-refractivity contribution in [3.8, 4) is 0 Å². The van der Waals surface area contributed by atoms with Gasteiger partial charge in [0.25, 0.3) is 5.91 Å². The van der Waals surface area contributed by atoms with Crippen LogP contribution in [0.3, 0.4) is 0 Å². The Morgan fingerprint density at radius 3 is 2.62 bits per heavy atom. The van der Waals surface area contributed by atoms with Crippen LogP contribution in [0.25, 0.3) is 11.0 Å². The molecule has 0 aliphatic rings. The van der Waals surface area contributed by atoms with Gasteiger partial charge in [0, 0.05) is 11.6 Å². The predicted molar refractivity (Wildman–Crippen MR) is 83.0 cm³/mol. The monoisotopic (exact) mass is 279 g/mol. The number of carbonyl (C=O) groups is 1. The lowest BCUT2D eigenvalue weighted by molar-refractivity contribution is 0.0907. The van der Waals surface area contributed by atoms with E-state index in [1.165, 1.54) is 0 Å². The molecule has 4 nitrogen and oxygen atoms in total. The van der Waals surface area contributed by atoms with Crippen LogP contribution in [0.5, 0.6) is 0 Å². The van der Waals surface area contributed by atoms with Crippen LogP contribution in [-0.4, -0.2) is 15.9 Å². The first-order chi connectivity index (χ1) is 10.1. The molecule has 2 N–H and O–H groups in total. The van der Waals surface area contributed by atoms with Gasteiger partial charge >= 0.3 is 0 Å². The Labute approximate surface area is 123 Å². The average Bonchev–Trinajstić information content (AvgIpc) is 2.92. The van der Waals surface area contributed by atoms with E-state index >= 15 is 0 Å². The number of fused-ring (bicyclic) bond motifs is 1. The Kier molecular flexibility index (Phi) is 3.22. The minimum atomic E-state index is -0.441. The quantitative estimate of drug-likeness (QED) is 0.773. The highest BCUT2D eigenvalue weighted by Gasteiger charge is 2.23. The van der Waals surface area contributed by atoms with Crippen molar-refractivity contribution < 1.29 is 4.79 Å². The Morgan fingerprint density at radius 1 is 1.14 bits per heavy atom. The Morgan fingerprint density at radius 2 is 1.90 bits per heavy atom. The van der Waals surface area contributed by atoms with Crippen molar-refractivity contribution in [1.29, 1.82) is 0 Å². The van der Waals surface area contributed by atoms with Crippen molar-refractivity contribution in [2.75, 3.05) is 0 Å². The predicted octanol–water partition coefficient (Wildman–Crippen LogP) is 3.23. The lowest BCUT2D eigenvalue weighted by Crippen LogP contribution is -2.41. The Hall–Kier alpha value is -2.62. The highest BCUT2D eigenvalue weighted by atomic mass is 16.2. The summed E-state index contributed by atoms with van der Waals surface area (Å²) in [5, 5.41) is 3.98. The van der Waals surface area contributed by atoms with Crippen molar-refractivity contribution in [3.05, 3.63) is 66.0 Å². The number of H-pyrrole nitrogens is 1. The standard InChI is InChI=1S/C17H17N3O/c1-17(2,13-8-4-3-5-9-13)20-16(21)14-11-12-7-6-10-18-15(12)19-14/h3-11H,1-2H3,(H,18,19)(H,20,21). The van der Waals surface area contributed by atoms with Crippen LogP contribution in [0.15, 0.2) is 54.7 Å². The maximum absolute atomic E-state index is 12.4. The van der Waals surface area contributed by atoms with Crippen molar-refractivity contribution >= 4 is 16.9 Å². The number of nitrogens with zero attached hydrogens (tertiary/aromatic N) is 1. The lowest BCUT2D eigenvalue weighted by Gasteiger charge is -2.26. The van der Waals surface area contributed by atoms with Crippen molar-refractivity contribution in [2.45, 2.75) is 19.4 Å². The molecule has 0 aliphatic carbocycles. The maximum atomic E-state index is 12.4. The van der Waals surface area contributed by atoms with E-state index in [0.29, 0.717) is 5.69 Å². The Bertz CT molecular complexity index is 742. The summed E-state index contributed by atoms with van der Waals surface area (Å²) in [6.45, 7) is 3.97. The number of pyridine rings is 1. The van der Waals surface area contributed by atoms with Crippen LogP contribution in [0.4, 0.5) is 0 Å². The molecule has 0 bridgehead atoms. The summed E-state index contributed by atoms with van der Waals surface area (Å²) in [5.74, 6) is -0.137. The van der Waals surface area contributed by atoms with Crippen LogP contribution < -0.4 is 5.32 Å². The first-order valence-electron chi connectivity index (χ1n) is 6.88. The third-order valence-electron chi connectivity index (χ3n) is 3.56. The molecule has 0 saturated heterocycles. The highest BCUT2D eigenvalue weighted by molar-refractivity contribution is 5.97. The van der Waals surface area contributed by atoms with E-state index < -0.39 is 5.54 Å². The molecule has 0 spiro atoms. The van der Waals surface area contributed by atoms with Gasteiger partial charge in [0.05, 0.1) is 5.54 Å². The first-order valence-corrected chi connectivity index (χ1v) is 6.88. The van der Waals surface area contributed by atoms with Crippen LogP contribution in [0.2, 0.25) is 0 Å². The van der Waals surface area contributed by atoms with Gasteiger partial charge in [-0.25, -0.2) is 4.98 Å². The van der Waals surface area contributed by atoms with Gasteiger partial charge in [0.2, 0.25) is 0 Å². The van der Waals surface area contributed by atoms with Crippen molar-refractivity contribution in [1.82, 2.24) is 15.3 Å². The lowest BCUT2D eigenvalue weighted by atomic mass is 9.94. The highest BCUT2D eigenvalue weighted by Crippen LogP contribution is 2.20. The molecule has 3 aromatic rings. The smallest absolute Gasteiger partial charge is 0.268 e. The van der Waals surface area contributed by atoms with Crippen molar-refractivity contribution in [2.24, 2.45) is 0 Å². The molecule has 3 rings (SSSR count). The summed E-state index contributed by atoms with van der Waals surface area (Å²) >= 11 is 0. The largest absolute Gasteiger partial charge is 0.342 e. The topological polar surface area (TPSA) is 57.8 Å². The summed E-state index contributed by atoms with van der Waals surface area (Å²) < 4.78 is 0. The van der Waals surface area contributed by atoms with Crippen LogP contribution >= 0.6 is 0 Å². The summed E-state index contributed by atoms with van der Waals surface area (Å²) in [7, 11) is 0. The van der Waals surface area contributed by atoms with Gasteiger partial charge in [-0.1, -0.05) is 30.3 Å². The average molecular weight is 279 g/mol. The number of benzene rings is 1.